The third-order valence-corrected chi connectivity index (χ3v) is 8.10. The summed E-state index contributed by atoms with van der Waals surface area (Å²) in [6, 6.07) is 11.4. The largest absolute Gasteiger partial charge is 0.373 e. The van der Waals surface area contributed by atoms with Crippen LogP contribution in [-0.2, 0) is 13.0 Å². The Morgan fingerprint density at radius 1 is 1.15 bits per heavy atom. The quantitative estimate of drug-likeness (QED) is 0.540. The molecule has 1 aromatic heterocycles. The summed E-state index contributed by atoms with van der Waals surface area (Å²) < 4.78 is 0. The third-order valence-electron chi connectivity index (χ3n) is 6.94. The molecule has 4 heterocycles. The van der Waals surface area contributed by atoms with Gasteiger partial charge in [0.1, 0.15) is 0 Å². The first kappa shape index (κ1) is 25.4. The molecule has 3 unspecified atom stereocenters. The van der Waals surface area contributed by atoms with E-state index in [4.69, 9.17) is 15.7 Å². The Kier molecular flexibility index (Phi) is 8.16. The van der Waals surface area contributed by atoms with E-state index in [1.54, 1.807) is 0 Å². The molecule has 7 heteroatoms. The summed E-state index contributed by atoms with van der Waals surface area (Å²) in [5, 5.41) is 9.90. The summed E-state index contributed by atoms with van der Waals surface area (Å²) in [4.78, 5) is 5.21. The molecule has 2 fully saturated rings. The molecule has 3 aliphatic rings. The van der Waals surface area contributed by atoms with Crippen molar-refractivity contribution in [2.75, 3.05) is 38.5 Å². The minimum Gasteiger partial charge on any atom is -0.373 e. The van der Waals surface area contributed by atoms with Crippen LogP contribution in [0.1, 0.15) is 54.1 Å². The van der Waals surface area contributed by atoms with Gasteiger partial charge in [-0.3, -0.25) is 0 Å². The monoisotopic (exact) mass is 472 g/mol. The first-order valence-corrected chi connectivity index (χ1v) is 13.6. The minimum absolute atomic E-state index is 0.159. The van der Waals surface area contributed by atoms with Crippen molar-refractivity contribution in [3.63, 3.8) is 0 Å². The molecule has 4 radical (unpaired) electrons. The average molecular weight is 472 g/mol. The lowest BCUT2D eigenvalue weighted by atomic mass is 9.54. The Labute approximate surface area is 212 Å². The van der Waals surface area contributed by atoms with Crippen molar-refractivity contribution in [1.82, 2.24) is 15.5 Å². The Hall–Kier alpha value is -1.69. The number of rotatable bonds is 6. The highest BCUT2D eigenvalue weighted by molar-refractivity contribution is 7.13. The number of benzene rings is 1. The standard InChI is InChI=1S/C25H32B2N4S.C2H6/c1-25(26,27)11-20-9-22-24(32-20)23(31-14-18-7-8-29-13-19(18)15-31)10-21(30-22)17-5-3-16(4-6-17)12-28-2;1-2/h3-6,9-10,18-19,21,28-30H,7-8,11-15H2,1-2H3;1-2H3. The van der Waals surface area contributed by atoms with Gasteiger partial charge in [-0.1, -0.05) is 50.3 Å². The lowest BCUT2D eigenvalue weighted by molar-refractivity contribution is 0.318. The summed E-state index contributed by atoms with van der Waals surface area (Å²) in [6.07, 6.45) is 4.40. The van der Waals surface area contributed by atoms with E-state index in [0.717, 1.165) is 44.6 Å². The highest BCUT2D eigenvalue weighted by Gasteiger charge is 2.37. The third kappa shape index (κ3) is 5.75. The molecule has 0 bridgehead atoms. The van der Waals surface area contributed by atoms with Gasteiger partial charge in [0.15, 0.2) is 0 Å². The number of hydrogen-bond donors (Lipinski definition) is 3. The fourth-order valence-corrected chi connectivity index (χ4v) is 6.74. The molecule has 3 aliphatic heterocycles. The van der Waals surface area contributed by atoms with Crippen molar-refractivity contribution in [1.29, 1.82) is 0 Å². The average Bonchev–Trinajstić information content (AvgIpc) is 3.42. The number of hydrogen-bond acceptors (Lipinski definition) is 5. The zero-order valence-corrected chi connectivity index (χ0v) is 22.0. The zero-order chi connectivity index (χ0) is 24.3. The number of nitrogens with one attached hydrogen (secondary N) is 3. The Bertz CT molecular complexity index is 966. The van der Waals surface area contributed by atoms with Gasteiger partial charge in [-0.05, 0) is 68.1 Å². The fourth-order valence-electron chi connectivity index (χ4n) is 5.39. The van der Waals surface area contributed by atoms with Gasteiger partial charge in [-0.15, -0.1) is 11.3 Å². The van der Waals surface area contributed by atoms with Crippen molar-refractivity contribution >= 4 is 38.4 Å². The van der Waals surface area contributed by atoms with Crippen LogP contribution >= 0.6 is 11.3 Å². The Balaban J connectivity index is 0.00000133. The van der Waals surface area contributed by atoms with Crippen LogP contribution < -0.4 is 16.0 Å². The van der Waals surface area contributed by atoms with Gasteiger partial charge in [0.2, 0.25) is 0 Å². The molecule has 3 atom stereocenters. The van der Waals surface area contributed by atoms with Crippen molar-refractivity contribution < 1.29 is 0 Å². The topological polar surface area (TPSA) is 39.3 Å². The number of piperidine rings is 1. The van der Waals surface area contributed by atoms with Crippen molar-refractivity contribution in [3.05, 3.63) is 57.3 Å². The molecule has 0 saturated carbocycles. The maximum absolute atomic E-state index is 6.15. The molecule has 3 N–H and O–H groups in total. The second-order valence-electron chi connectivity index (χ2n) is 10.0. The molecule has 0 amide bonds. The number of nitrogens with zero attached hydrogens (tertiary/aromatic N) is 1. The van der Waals surface area contributed by atoms with E-state index < -0.39 is 5.21 Å². The van der Waals surface area contributed by atoms with Gasteiger partial charge in [0.25, 0.3) is 0 Å². The molecule has 2 aromatic rings. The van der Waals surface area contributed by atoms with Crippen LogP contribution in [0.5, 0.6) is 0 Å². The highest BCUT2D eigenvalue weighted by atomic mass is 32.1. The second-order valence-corrected chi connectivity index (χ2v) is 11.1. The molecule has 1 aromatic carbocycles. The van der Waals surface area contributed by atoms with Gasteiger partial charge in [-0.2, -0.15) is 0 Å². The summed E-state index contributed by atoms with van der Waals surface area (Å²) in [7, 11) is 14.3. The fraction of sp³-hybridized carbons (Fsp3) is 0.556. The van der Waals surface area contributed by atoms with E-state index in [-0.39, 0.29) is 6.04 Å². The van der Waals surface area contributed by atoms with Crippen LogP contribution in [0.25, 0.3) is 5.70 Å². The summed E-state index contributed by atoms with van der Waals surface area (Å²) >= 11 is 1.84. The Morgan fingerprint density at radius 2 is 1.88 bits per heavy atom. The van der Waals surface area contributed by atoms with E-state index in [1.807, 2.05) is 39.2 Å². The molecule has 2 saturated heterocycles. The summed E-state index contributed by atoms with van der Waals surface area (Å²) in [5.74, 6) is 1.55. The van der Waals surface area contributed by atoms with E-state index in [2.05, 4.69) is 57.3 Å². The van der Waals surface area contributed by atoms with Crippen molar-refractivity contribution in [2.45, 2.75) is 51.4 Å². The molecule has 5 rings (SSSR count). The summed E-state index contributed by atoms with van der Waals surface area (Å²) in [6.45, 7) is 11.4. The van der Waals surface area contributed by atoms with Crippen LogP contribution in [0.3, 0.4) is 0 Å². The molecule has 34 heavy (non-hydrogen) atoms. The number of anilines is 1. The normalized spacial score (nSPS) is 23.8. The maximum atomic E-state index is 6.15. The molecular formula is C27H38B2N4S. The SMILES string of the molecule is CC.[B]C([B])(C)Cc1cc2c(s1)C(N1CC3CCNCC3C1)=CC(c1ccc(CNC)cc1)N2. The van der Waals surface area contributed by atoms with E-state index in [9.17, 15) is 0 Å². The smallest absolute Gasteiger partial charge is 0.0736 e. The predicted octanol–water partition coefficient (Wildman–Crippen LogP) is 4.56. The molecular weight excluding hydrogens is 434 g/mol. The highest BCUT2D eigenvalue weighted by Crippen LogP contribution is 2.45. The lowest BCUT2D eigenvalue weighted by Crippen LogP contribution is -2.35. The summed E-state index contributed by atoms with van der Waals surface area (Å²) in [5.41, 5.74) is 5.19. The molecule has 4 nitrogen and oxygen atoms in total. The molecule has 0 aliphatic carbocycles. The molecule has 178 valence electrons. The van der Waals surface area contributed by atoms with Crippen LogP contribution in [-0.4, -0.2) is 53.8 Å². The molecule has 0 spiro atoms. The van der Waals surface area contributed by atoms with Crippen LogP contribution in [0.4, 0.5) is 5.69 Å². The zero-order valence-electron chi connectivity index (χ0n) is 21.2. The van der Waals surface area contributed by atoms with Crippen LogP contribution in [0.2, 0.25) is 5.21 Å². The van der Waals surface area contributed by atoms with E-state index in [1.165, 1.54) is 38.7 Å². The number of likely N-dealkylation sites (tertiary alicyclic amines) is 1. The Morgan fingerprint density at radius 3 is 2.56 bits per heavy atom. The van der Waals surface area contributed by atoms with Crippen LogP contribution in [0.15, 0.2) is 36.4 Å². The first-order chi connectivity index (χ1) is 16.4. The van der Waals surface area contributed by atoms with Gasteiger partial charge >= 0.3 is 0 Å². The van der Waals surface area contributed by atoms with Gasteiger partial charge in [-0.25, -0.2) is 0 Å². The first-order valence-electron chi connectivity index (χ1n) is 12.8. The van der Waals surface area contributed by atoms with E-state index >= 15 is 0 Å². The number of thiophene rings is 1. The van der Waals surface area contributed by atoms with Gasteiger partial charge in [0.05, 0.1) is 38.0 Å². The lowest BCUT2D eigenvalue weighted by Gasteiger charge is -2.30. The minimum atomic E-state index is -0.700. The van der Waals surface area contributed by atoms with Gasteiger partial charge in [0, 0.05) is 24.5 Å². The van der Waals surface area contributed by atoms with E-state index in [0.29, 0.717) is 6.42 Å². The maximum Gasteiger partial charge on any atom is 0.0736 e. The second kappa shape index (κ2) is 10.9. The van der Waals surface area contributed by atoms with Crippen molar-refractivity contribution in [3.8, 4) is 0 Å². The van der Waals surface area contributed by atoms with Gasteiger partial charge < -0.3 is 20.9 Å². The predicted molar refractivity (Wildman–Crippen MR) is 149 cm³/mol. The number of fused-ring (bicyclic) bond motifs is 2. The van der Waals surface area contributed by atoms with Crippen molar-refractivity contribution in [2.24, 2.45) is 11.8 Å². The van der Waals surface area contributed by atoms with Crippen LogP contribution in [0, 0.1) is 11.8 Å².